The predicted molar refractivity (Wildman–Crippen MR) is 77.5 cm³/mol. The molecule has 0 spiro atoms. The Morgan fingerprint density at radius 3 is 2.59 bits per heavy atom. The van der Waals surface area contributed by atoms with E-state index in [0.717, 1.165) is 6.07 Å². The van der Waals surface area contributed by atoms with Gasteiger partial charge in [-0.05, 0) is 39.3 Å². The molecule has 0 saturated carbocycles. The van der Waals surface area contributed by atoms with Crippen molar-refractivity contribution >= 4 is 11.7 Å². The number of amides is 1. The van der Waals surface area contributed by atoms with Crippen molar-refractivity contribution in [2.45, 2.75) is 38.9 Å². The third kappa shape index (κ3) is 4.11. The fourth-order valence-corrected chi connectivity index (χ4v) is 2.41. The third-order valence-electron chi connectivity index (χ3n) is 3.41. The summed E-state index contributed by atoms with van der Waals surface area (Å²) in [5.41, 5.74) is -1.23. The summed E-state index contributed by atoms with van der Waals surface area (Å²) in [7, 11) is 0. The molecule has 1 aromatic rings. The van der Waals surface area contributed by atoms with Gasteiger partial charge in [-0.15, -0.1) is 0 Å². The molecular formula is C15H20F3N3O. The highest BCUT2D eigenvalue weighted by molar-refractivity contribution is 5.80. The summed E-state index contributed by atoms with van der Waals surface area (Å²) >= 11 is 0. The van der Waals surface area contributed by atoms with E-state index in [1.54, 1.807) is 11.0 Å². The predicted octanol–water partition coefficient (Wildman–Crippen LogP) is 2.84. The molecule has 1 atom stereocenters. The average molecular weight is 315 g/mol. The Morgan fingerprint density at radius 2 is 2.00 bits per heavy atom. The Hall–Kier alpha value is -1.79. The standard InChI is InChI=1S/C15H20F3N3O/c1-14(2,3)20-13(22)10-7-8-21(9-10)12-6-4-5-11(19-12)15(16,17)18/h4-6,10H,7-9H2,1-3H3,(H,20,22). The minimum absolute atomic E-state index is 0.0676. The lowest BCUT2D eigenvalue weighted by molar-refractivity contribution is -0.141. The number of halogens is 3. The molecule has 122 valence electrons. The van der Waals surface area contributed by atoms with Gasteiger partial charge in [0.1, 0.15) is 11.5 Å². The Morgan fingerprint density at radius 1 is 1.32 bits per heavy atom. The second kappa shape index (κ2) is 5.78. The van der Waals surface area contributed by atoms with Crippen LogP contribution in [0.5, 0.6) is 0 Å². The van der Waals surface area contributed by atoms with Crippen molar-refractivity contribution in [3.05, 3.63) is 23.9 Å². The first-order chi connectivity index (χ1) is 10.1. The van der Waals surface area contributed by atoms with Gasteiger partial charge in [0.2, 0.25) is 5.91 Å². The Kier molecular flexibility index (Phi) is 4.35. The number of carbonyl (C=O) groups is 1. The quantitative estimate of drug-likeness (QED) is 0.913. The smallest absolute Gasteiger partial charge is 0.356 e. The molecule has 1 aliphatic heterocycles. The number of hydrogen-bond acceptors (Lipinski definition) is 3. The highest BCUT2D eigenvalue weighted by atomic mass is 19.4. The molecule has 0 aliphatic carbocycles. The monoisotopic (exact) mass is 315 g/mol. The molecule has 22 heavy (non-hydrogen) atoms. The first-order valence-electron chi connectivity index (χ1n) is 7.17. The fraction of sp³-hybridized carbons (Fsp3) is 0.600. The van der Waals surface area contributed by atoms with Crippen molar-refractivity contribution in [3.8, 4) is 0 Å². The molecule has 1 aromatic heterocycles. The molecule has 4 nitrogen and oxygen atoms in total. The Bertz CT molecular complexity index is 552. The number of hydrogen-bond donors (Lipinski definition) is 1. The lowest BCUT2D eigenvalue weighted by Crippen LogP contribution is -2.44. The molecule has 1 saturated heterocycles. The van der Waals surface area contributed by atoms with E-state index in [1.807, 2.05) is 20.8 Å². The van der Waals surface area contributed by atoms with Crippen LogP contribution in [0.15, 0.2) is 18.2 Å². The van der Waals surface area contributed by atoms with Crippen LogP contribution in [0.4, 0.5) is 19.0 Å². The molecule has 2 rings (SSSR count). The van der Waals surface area contributed by atoms with Crippen LogP contribution in [0.2, 0.25) is 0 Å². The minimum Gasteiger partial charge on any atom is -0.356 e. The van der Waals surface area contributed by atoms with E-state index in [2.05, 4.69) is 10.3 Å². The lowest BCUT2D eigenvalue weighted by atomic mass is 10.0. The molecule has 1 unspecified atom stereocenters. The number of carbonyl (C=O) groups excluding carboxylic acids is 1. The van der Waals surface area contributed by atoms with Crippen LogP contribution in [0, 0.1) is 5.92 Å². The van der Waals surface area contributed by atoms with E-state index < -0.39 is 11.9 Å². The first-order valence-corrected chi connectivity index (χ1v) is 7.17. The summed E-state index contributed by atoms with van der Waals surface area (Å²) < 4.78 is 38.1. The van der Waals surface area contributed by atoms with E-state index in [-0.39, 0.29) is 23.2 Å². The van der Waals surface area contributed by atoms with Crippen molar-refractivity contribution in [1.82, 2.24) is 10.3 Å². The van der Waals surface area contributed by atoms with Gasteiger partial charge in [0.15, 0.2) is 0 Å². The average Bonchev–Trinajstić information content (AvgIpc) is 2.85. The maximum Gasteiger partial charge on any atom is 0.433 e. The number of nitrogens with zero attached hydrogens (tertiary/aromatic N) is 2. The maximum atomic E-state index is 12.7. The molecule has 1 fully saturated rings. The minimum atomic E-state index is -4.46. The molecule has 0 aromatic carbocycles. The number of aromatic nitrogens is 1. The van der Waals surface area contributed by atoms with E-state index >= 15 is 0 Å². The van der Waals surface area contributed by atoms with Gasteiger partial charge in [-0.3, -0.25) is 4.79 Å². The summed E-state index contributed by atoms with van der Waals surface area (Å²) in [6.45, 7) is 6.59. The Labute approximate surface area is 127 Å². The second-order valence-corrected chi connectivity index (χ2v) is 6.55. The molecule has 0 bridgehead atoms. The highest BCUT2D eigenvalue weighted by Gasteiger charge is 2.34. The third-order valence-corrected chi connectivity index (χ3v) is 3.41. The number of nitrogens with one attached hydrogen (secondary N) is 1. The molecule has 2 heterocycles. The van der Waals surface area contributed by atoms with E-state index in [0.29, 0.717) is 19.5 Å². The SMILES string of the molecule is CC(C)(C)NC(=O)C1CCN(c2cccc(C(F)(F)F)n2)C1. The first kappa shape index (κ1) is 16.6. The zero-order valence-corrected chi connectivity index (χ0v) is 12.9. The van der Waals surface area contributed by atoms with Crippen LogP contribution in [-0.2, 0) is 11.0 Å². The van der Waals surface area contributed by atoms with Gasteiger partial charge < -0.3 is 10.2 Å². The van der Waals surface area contributed by atoms with Crippen LogP contribution in [0.25, 0.3) is 0 Å². The zero-order valence-electron chi connectivity index (χ0n) is 12.9. The number of alkyl halides is 3. The summed E-state index contributed by atoms with van der Waals surface area (Å²) in [6, 6.07) is 3.83. The van der Waals surface area contributed by atoms with Crippen molar-refractivity contribution in [1.29, 1.82) is 0 Å². The highest BCUT2D eigenvalue weighted by Crippen LogP contribution is 2.30. The Balaban J connectivity index is 2.06. The van der Waals surface area contributed by atoms with Crippen molar-refractivity contribution < 1.29 is 18.0 Å². The summed E-state index contributed by atoms with van der Waals surface area (Å²) in [5.74, 6) is -0.0292. The van der Waals surface area contributed by atoms with E-state index in [4.69, 9.17) is 0 Å². The van der Waals surface area contributed by atoms with Crippen molar-refractivity contribution in [2.24, 2.45) is 5.92 Å². The van der Waals surface area contributed by atoms with Gasteiger partial charge in [-0.2, -0.15) is 13.2 Å². The fourth-order valence-electron chi connectivity index (χ4n) is 2.41. The molecular weight excluding hydrogens is 295 g/mol. The molecule has 0 radical (unpaired) electrons. The van der Waals surface area contributed by atoms with Gasteiger partial charge in [0.05, 0.1) is 5.92 Å². The number of rotatable bonds is 2. The van der Waals surface area contributed by atoms with Crippen molar-refractivity contribution in [3.63, 3.8) is 0 Å². The normalized spacial score (nSPS) is 19.4. The van der Waals surface area contributed by atoms with E-state index in [1.165, 1.54) is 6.07 Å². The number of anilines is 1. The zero-order chi connectivity index (χ0) is 16.5. The van der Waals surface area contributed by atoms with Crippen LogP contribution >= 0.6 is 0 Å². The van der Waals surface area contributed by atoms with E-state index in [9.17, 15) is 18.0 Å². The topological polar surface area (TPSA) is 45.2 Å². The van der Waals surface area contributed by atoms with Crippen molar-refractivity contribution in [2.75, 3.05) is 18.0 Å². The van der Waals surface area contributed by atoms with Gasteiger partial charge >= 0.3 is 6.18 Å². The summed E-state index contributed by atoms with van der Waals surface area (Å²) in [5, 5.41) is 2.90. The molecule has 1 amide bonds. The van der Waals surface area contributed by atoms with Gasteiger partial charge in [-0.25, -0.2) is 4.98 Å². The second-order valence-electron chi connectivity index (χ2n) is 6.55. The van der Waals surface area contributed by atoms with Crippen LogP contribution in [0.1, 0.15) is 32.9 Å². The molecule has 1 N–H and O–H groups in total. The van der Waals surface area contributed by atoms with Crippen LogP contribution < -0.4 is 10.2 Å². The van der Waals surface area contributed by atoms with Crippen LogP contribution in [-0.4, -0.2) is 29.5 Å². The number of pyridine rings is 1. The molecule has 1 aliphatic rings. The summed E-state index contributed by atoms with van der Waals surface area (Å²) in [6.07, 6.45) is -3.85. The van der Waals surface area contributed by atoms with Crippen LogP contribution in [0.3, 0.4) is 0 Å². The molecule has 7 heteroatoms. The van der Waals surface area contributed by atoms with Gasteiger partial charge in [-0.1, -0.05) is 6.07 Å². The largest absolute Gasteiger partial charge is 0.433 e. The van der Waals surface area contributed by atoms with Gasteiger partial charge in [0.25, 0.3) is 0 Å². The summed E-state index contributed by atoms with van der Waals surface area (Å²) in [4.78, 5) is 17.5. The maximum absolute atomic E-state index is 12.7. The lowest BCUT2D eigenvalue weighted by Gasteiger charge is -2.23. The van der Waals surface area contributed by atoms with Gasteiger partial charge in [0, 0.05) is 18.6 Å².